The van der Waals surface area contributed by atoms with E-state index in [1.54, 1.807) is 11.8 Å². The highest BCUT2D eigenvalue weighted by Gasteiger charge is 2.16. The number of H-pyrrole nitrogens is 1. The van der Waals surface area contributed by atoms with Crippen LogP contribution in [0.25, 0.3) is 0 Å². The van der Waals surface area contributed by atoms with Gasteiger partial charge in [-0.2, -0.15) is 11.8 Å². The SMILES string of the molecule is CCC(CSC)Nc1c(N)n(CC(C)C)c(=O)[nH]c1=O. The maximum atomic E-state index is 11.9. The molecule has 4 N–H and O–H groups in total. The average Bonchev–Trinajstić information content (AvgIpc) is 2.37. The van der Waals surface area contributed by atoms with Crippen LogP contribution in [0.5, 0.6) is 0 Å². The summed E-state index contributed by atoms with van der Waals surface area (Å²) in [4.78, 5) is 26.1. The van der Waals surface area contributed by atoms with E-state index in [4.69, 9.17) is 5.73 Å². The van der Waals surface area contributed by atoms with Crippen molar-refractivity contribution < 1.29 is 0 Å². The molecule has 20 heavy (non-hydrogen) atoms. The van der Waals surface area contributed by atoms with Gasteiger partial charge in [0.25, 0.3) is 5.56 Å². The van der Waals surface area contributed by atoms with Crippen molar-refractivity contribution in [3.05, 3.63) is 20.8 Å². The summed E-state index contributed by atoms with van der Waals surface area (Å²) in [5.41, 5.74) is 5.40. The lowest BCUT2D eigenvalue weighted by atomic mass is 10.2. The lowest BCUT2D eigenvalue weighted by Crippen LogP contribution is -2.37. The van der Waals surface area contributed by atoms with Crippen molar-refractivity contribution in [3.63, 3.8) is 0 Å². The number of hydrogen-bond donors (Lipinski definition) is 3. The van der Waals surface area contributed by atoms with Gasteiger partial charge < -0.3 is 11.1 Å². The molecule has 0 aliphatic carbocycles. The molecule has 0 fully saturated rings. The van der Waals surface area contributed by atoms with E-state index in [0.29, 0.717) is 12.2 Å². The van der Waals surface area contributed by atoms with E-state index in [2.05, 4.69) is 10.3 Å². The largest absolute Gasteiger partial charge is 0.383 e. The number of aromatic nitrogens is 2. The number of nitrogens with zero attached hydrogens (tertiary/aromatic N) is 1. The number of thioether (sulfide) groups is 1. The molecule has 0 saturated heterocycles. The fraction of sp³-hybridized carbons (Fsp3) is 0.692. The molecule has 0 aliphatic rings. The molecule has 0 amide bonds. The normalized spacial score (nSPS) is 12.7. The van der Waals surface area contributed by atoms with Gasteiger partial charge >= 0.3 is 5.69 Å². The van der Waals surface area contributed by atoms with E-state index >= 15 is 0 Å². The van der Waals surface area contributed by atoms with Crippen LogP contribution in [-0.4, -0.2) is 27.6 Å². The third-order valence-electron chi connectivity index (χ3n) is 3.00. The van der Waals surface area contributed by atoms with Crippen LogP contribution >= 0.6 is 11.8 Å². The molecule has 1 heterocycles. The number of rotatable bonds is 7. The van der Waals surface area contributed by atoms with Gasteiger partial charge in [-0.25, -0.2) is 4.79 Å². The Morgan fingerprint density at radius 2 is 2.05 bits per heavy atom. The van der Waals surface area contributed by atoms with Crippen molar-refractivity contribution in [2.24, 2.45) is 5.92 Å². The number of anilines is 2. The smallest absolute Gasteiger partial charge is 0.330 e. The summed E-state index contributed by atoms with van der Waals surface area (Å²) in [5.74, 6) is 1.35. The van der Waals surface area contributed by atoms with Crippen LogP contribution in [-0.2, 0) is 6.54 Å². The fourth-order valence-corrected chi connectivity index (χ4v) is 2.66. The van der Waals surface area contributed by atoms with Crippen LogP contribution in [0.4, 0.5) is 11.5 Å². The summed E-state index contributed by atoms with van der Waals surface area (Å²) >= 11 is 1.70. The molecule has 0 bridgehead atoms. The van der Waals surface area contributed by atoms with Gasteiger partial charge in [0.1, 0.15) is 11.5 Å². The van der Waals surface area contributed by atoms with Crippen molar-refractivity contribution >= 4 is 23.3 Å². The highest BCUT2D eigenvalue weighted by Crippen LogP contribution is 2.15. The molecule has 7 heteroatoms. The third kappa shape index (κ3) is 4.06. The molecule has 114 valence electrons. The number of aromatic amines is 1. The van der Waals surface area contributed by atoms with E-state index in [0.717, 1.165) is 12.2 Å². The Hall–Kier alpha value is -1.37. The zero-order valence-corrected chi connectivity index (χ0v) is 13.3. The minimum absolute atomic E-state index is 0.151. The van der Waals surface area contributed by atoms with E-state index < -0.39 is 11.2 Å². The number of nitrogen functional groups attached to an aromatic ring is 1. The van der Waals surface area contributed by atoms with Crippen molar-refractivity contribution in [1.29, 1.82) is 0 Å². The molecule has 1 aromatic heterocycles. The zero-order valence-electron chi connectivity index (χ0n) is 12.5. The maximum Gasteiger partial charge on any atom is 0.330 e. The summed E-state index contributed by atoms with van der Waals surface area (Å²) in [6.07, 6.45) is 2.89. The molecule has 0 aliphatic heterocycles. The first-order valence-electron chi connectivity index (χ1n) is 6.78. The first kappa shape index (κ1) is 16.7. The summed E-state index contributed by atoms with van der Waals surface area (Å²) in [7, 11) is 0. The molecule has 0 saturated carbocycles. The Bertz CT molecular complexity index is 550. The van der Waals surface area contributed by atoms with Gasteiger partial charge in [-0.05, 0) is 18.6 Å². The predicted molar refractivity (Wildman–Crippen MR) is 86.7 cm³/mol. The van der Waals surface area contributed by atoms with Crippen LogP contribution in [0.1, 0.15) is 27.2 Å². The van der Waals surface area contributed by atoms with Crippen LogP contribution in [0.2, 0.25) is 0 Å². The minimum atomic E-state index is -0.454. The van der Waals surface area contributed by atoms with Crippen molar-refractivity contribution in [3.8, 4) is 0 Å². The predicted octanol–water partition coefficient (Wildman–Crippen LogP) is 1.33. The number of nitrogens with one attached hydrogen (secondary N) is 2. The summed E-state index contributed by atoms with van der Waals surface area (Å²) in [6, 6.07) is 0.151. The van der Waals surface area contributed by atoms with Crippen LogP contribution < -0.4 is 22.3 Å². The highest BCUT2D eigenvalue weighted by atomic mass is 32.2. The molecular weight excluding hydrogens is 276 g/mol. The Balaban J connectivity index is 3.19. The first-order chi connectivity index (χ1) is 9.40. The topological polar surface area (TPSA) is 92.9 Å². The summed E-state index contributed by atoms with van der Waals surface area (Å²) in [6.45, 7) is 6.51. The molecule has 1 rings (SSSR count). The number of hydrogen-bond acceptors (Lipinski definition) is 5. The molecule has 1 atom stereocenters. The molecule has 0 radical (unpaired) electrons. The van der Waals surface area contributed by atoms with Crippen LogP contribution in [0.3, 0.4) is 0 Å². The lowest BCUT2D eigenvalue weighted by Gasteiger charge is -2.20. The van der Waals surface area contributed by atoms with E-state index in [9.17, 15) is 9.59 Å². The second kappa shape index (κ2) is 7.42. The number of nitrogens with two attached hydrogens (primary N) is 1. The fourth-order valence-electron chi connectivity index (χ4n) is 1.94. The molecule has 1 aromatic rings. The Morgan fingerprint density at radius 3 is 2.55 bits per heavy atom. The van der Waals surface area contributed by atoms with Crippen LogP contribution in [0, 0.1) is 5.92 Å². The van der Waals surface area contributed by atoms with Gasteiger partial charge in [0.2, 0.25) is 0 Å². The van der Waals surface area contributed by atoms with Gasteiger partial charge in [0.05, 0.1) is 0 Å². The minimum Gasteiger partial charge on any atom is -0.383 e. The lowest BCUT2D eigenvalue weighted by molar-refractivity contribution is 0.508. The summed E-state index contributed by atoms with van der Waals surface area (Å²) in [5, 5.41) is 3.16. The van der Waals surface area contributed by atoms with Gasteiger partial charge in [0.15, 0.2) is 0 Å². The summed E-state index contributed by atoms with van der Waals surface area (Å²) < 4.78 is 1.42. The Kier molecular flexibility index (Phi) is 6.19. The van der Waals surface area contributed by atoms with E-state index in [1.807, 2.05) is 27.0 Å². The average molecular weight is 300 g/mol. The van der Waals surface area contributed by atoms with E-state index in [-0.39, 0.29) is 17.8 Å². The second-order valence-electron chi connectivity index (χ2n) is 5.23. The van der Waals surface area contributed by atoms with Gasteiger partial charge in [-0.15, -0.1) is 0 Å². The zero-order chi connectivity index (χ0) is 15.3. The Labute approximate surface area is 123 Å². The molecule has 1 unspecified atom stereocenters. The monoisotopic (exact) mass is 300 g/mol. The Morgan fingerprint density at radius 1 is 1.40 bits per heavy atom. The quantitative estimate of drug-likeness (QED) is 0.706. The van der Waals surface area contributed by atoms with Crippen molar-refractivity contribution in [2.45, 2.75) is 39.8 Å². The molecular formula is C13H24N4O2S. The van der Waals surface area contributed by atoms with Gasteiger partial charge in [0, 0.05) is 18.3 Å². The molecule has 6 nitrogen and oxygen atoms in total. The van der Waals surface area contributed by atoms with Crippen LogP contribution in [0.15, 0.2) is 9.59 Å². The first-order valence-corrected chi connectivity index (χ1v) is 8.18. The highest BCUT2D eigenvalue weighted by molar-refractivity contribution is 7.98. The maximum absolute atomic E-state index is 11.9. The third-order valence-corrected chi connectivity index (χ3v) is 3.73. The van der Waals surface area contributed by atoms with Gasteiger partial charge in [-0.3, -0.25) is 14.3 Å². The molecule has 0 spiro atoms. The van der Waals surface area contributed by atoms with Gasteiger partial charge in [-0.1, -0.05) is 20.8 Å². The second-order valence-corrected chi connectivity index (χ2v) is 6.14. The standard InChI is InChI=1S/C13H24N4O2S/c1-5-9(7-20-4)15-10-11(14)17(6-8(2)3)13(19)16-12(10)18/h8-9,15H,5-7,14H2,1-4H3,(H,16,18,19). The van der Waals surface area contributed by atoms with Crippen molar-refractivity contribution in [1.82, 2.24) is 9.55 Å². The van der Waals surface area contributed by atoms with E-state index in [1.165, 1.54) is 4.57 Å². The van der Waals surface area contributed by atoms with Crippen molar-refractivity contribution in [2.75, 3.05) is 23.1 Å². The molecule has 0 aromatic carbocycles.